The number of sulfone groups is 1. The number of nitrogens with zero attached hydrogens (tertiary/aromatic N) is 1. The molecule has 0 saturated carbocycles. The molecule has 2 fully saturated rings. The van der Waals surface area contributed by atoms with Gasteiger partial charge in [-0.15, -0.1) is 0 Å². The molecule has 0 spiro atoms. The van der Waals surface area contributed by atoms with Gasteiger partial charge in [0.1, 0.15) is 0 Å². The van der Waals surface area contributed by atoms with Crippen LogP contribution >= 0.6 is 11.6 Å². The van der Waals surface area contributed by atoms with Gasteiger partial charge in [-0.2, -0.15) is 0 Å². The lowest BCUT2D eigenvalue weighted by molar-refractivity contribution is 0.331. The fourth-order valence-corrected chi connectivity index (χ4v) is 4.74. The zero-order valence-corrected chi connectivity index (χ0v) is 13.5. The van der Waals surface area contributed by atoms with E-state index in [0.717, 1.165) is 19.6 Å². The Morgan fingerprint density at radius 2 is 2.00 bits per heavy atom. The van der Waals surface area contributed by atoms with Crippen molar-refractivity contribution in [2.75, 3.05) is 31.9 Å². The number of piperidine rings is 1. The van der Waals surface area contributed by atoms with E-state index in [1.165, 1.54) is 12.8 Å². The zero-order valence-electron chi connectivity index (χ0n) is 12.0. The average Bonchev–Trinajstić information content (AvgIpc) is 2.89. The summed E-state index contributed by atoms with van der Waals surface area (Å²) in [5, 5.41) is 4.10. The molecule has 0 amide bonds. The predicted molar refractivity (Wildman–Crippen MR) is 84.5 cm³/mol. The van der Waals surface area contributed by atoms with Gasteiger partial charge in [0.05, 0.1) is 10.6 Å². The topological polar surface area (TPSA) is 49.4 Å². The highest BCUT2D eigenvalue weighted by molar-refractivity contribution is 7.91. The first-order chi connectivity index (χ1) is 10.0. The Hall–Kier alpha value is -0.620. The molecule has 116 valence electrons. The van der Waals surface area contributed by atoms with Crippen LogP contribution in [0.3, 0.4) is 0 Å². The number of hydrogen-bond donors (Lipinski definition) is 1. The first-order valence-corrected chi connectivity index (χ1v) is 9.52. The van der Waals surface area contributed by atoms with Gasteiger partial charge in [0.15, 0.2) is 9.84 Å². The van der Waals surface area contributed by atoms with Crippen molar-refractivity contribution in [2.24, 2.45) is 5.92 Å². The SMILES string of the molecule is O=S(=O)(CCN1C[C@@H]2CCCN[C@@H]2C1)c1ccc(Cl)cc1. The predicted octanol–water partition coefficient (Wildman–Crippen LogP) is 1.80. The lowest BCUT2D eigenvalue weighted by Gasteiger charge is -2.24. The summed E-state index contributed by atoms with van der Waals surface area (Å²) < 4.78 is 24.7. The maximum absolute atomic E-state index is 12.3. The van der Waals surface area contributed by atoms with Crippen LogP contribution in [0.5, 0.6) is 0 Å². The van der Waals surface area contributed by atoms with Crippen molar-refractivity contribution < 1.29 is 8.42 Å². The van der Waals surface area contributed by atoms with Gasteiger partial charge in [0.2, 0.25) is 0 Å². The fourth-order valence-electron chi connectivity index (χ4n) is 3.33. The maximum atomic E-state index is 12.3. The molecule has 1 N–H and O–H groups in total. The van der Waals surface area contributed by atoms with Crippen LogP contribution < -0.4 is 5.32 Å². The van der Waals surface area contributed by atoms with E-state index >= 15 is 0 Å². The number of halogens is 1. The quantitative estimate of drug-likeness (QED) is 0.915. The monoisotopic (exact) mass is 328 g/mol. The molecule has 2 aliphatic rings. The lowest BCUT2D eigenvalue weighted by Crippen LogP contribution is -2.40. The Balaban J connectivity index is 1.58. The normalized spacial score (nSPS) is 26.7. The van der Waals surface area contributed by atoms with E-state index in [1.807, 2.05) is 0 Å². The molecule has 0 unspecified atom stereocenters. The molecule has 21 heavy (non-hydrogen) atoms. The Bertz CT molecular complexity index is 574. The number of hydrogen-bond acceptors (Lipinski definition) is 4. The summed E-state index contributed by atoms with van der Waals surface area (Å²) in [5.41, 5.74) is 0. The molecule has 0 aromatic heterocycles. The third kappa shape index (κ3) is 3.59. The molecule has 0 radical (unpaired) electrons. The maximum Gasteiger partial charge on any atom is 0.179 e. The van der Waals surface area contributed by atoms with Crippen molar-refractivity contribution in [2.45, 2.75) is 23.8 Å². The highest BCUT2D eigenvalue weighted by atomic mass is 35.5. The van der Waals surface area contributed by atoms with E-state index < -0.39 is 9.84 Å². The Kier molecular flexibility index (Phi) is 4.54. The lowest BCUT2D eigenvalue weighted by atomic mass is 9.94. The number of benzene rings is 1. The van der Waals surface area contributed by atoms with E-state index in [9.17, 15) is 8.42 Å². The number of rotatable bonds is 4. The summed E-state index contributed by atoms with van der Waals surface area (Å²) >= 11 is 5.80. The summed E-state index contributed by atoms with van der Waals surface area (Å²) in [4.78, 5) is 2.64. The second-order valence-corrected chi connectivity index (χ2v) is 8.54. The minimum absolute atomic E-state index is 0.175. The summed E-state index contributed by atoms with van der Waals surface area (Å²) in [5.74, 6) is 0.866. The summed E-state index contributed by atoms with van der Waals surface area (Å²) in [6, 6.07) is 6.98. The van der Waals surface area contributed by atoms with Gasteiger partial charge in [-0.05, 0) is 49.6 Å². The van der Waals surface area contributed by atoms with E-state index in [-0.39, 0.29) is 5.75 Å². The van der Waals surface area contributed by atoms with Crippen molar-refractivity contribution >= 4 is 21.4 Å². The highest BCUT2D eigenvalue weighted by Crippen LogP contribution is 2.25. The fraction of sp³-hybridized carbons (Fsp3) is 0.600. The van der Waals surface area contributed by atoms with Gasteiger partial charge >= 0.3 is 0 Å². The highest BCUT2D eigenvalue weighted by Gasteiger charge is 2.34. The molecular formula is C15H21ClN2O2S. The molecule has 2 saturated heterocycles. The first kappa shape index (κ1) is 15.3. The number of likely N-dealkylation sites (tertiary alicyclic amines) is 1. The summed E-state index contributed by atoms with van der Waals surface area (Å²) in [6.07, 6.45) is 2.50. The Labute approximate surface area is 131 Å². The minimum atomic E-state index is -3.22. The number of nitrogens with one attached hydrogen (secondary N) is 1. The molecule has 2 heterocycles. The van der Waals surface area contributed by atoms with Gasteiger partial charge in [-0.3, -0.25) is 0 Å². The van der Waals surface area contributed by atoms with E-state index in [2.05, 4.69) is 10.2 Å². The molecule has 1 aromatic rings. The standard InChI is InChI=1S/C15H21ClN2O2S/c16-13-3-5-14(6-4-13)21(19,20)9-8-18-10-12-2-1-7-17-15(12)11-18/h3-6,12,15,17H,1-2,7-11H2/t12-,15+/m0/s1. The van der Waals surface area contributed by atoms with E-state index in [4.69, 9.17) is 11.6 Å². The van der Waals surface area contributed by atoms with Gasteiger partial charge in [0, 0.05) is 30.7 Å². The number of fused-ring (bicyclic) bond motifs is 1. The van der Waals surface area contributed by atoms with Crippen LogP contribution in [0.15, 0.2) is 29.2 Å². The second-order valence-electron chi connectivity index (χ2n) is 6.00. The van der Waals surface area contributed by atoms with Crippen molar-refractivity contribution in [3.05, 3.63) is 29.3 Å². The van der Waals surface area contributed by atoms with Crippen molar-refractivity contribution in [1.82, 2.24) is 10.2 Å². The molecule has 2 atom stereocenters. The first-order valence-electron chi connectivity index (χ1n) is 7.49. The second kappa shape index (κ2) is 6.24. The molecule has 2 aliphatic heterocycles. The summed E-state index contributed by atoms with van der Waals surface area (Å²) in [6.45, 7) is 3.70. The van der Waals surface area contributed by atoms with Crippen molar-refractivity contribution in [3.63, 3.8) is 0 Å². The smallest absolute Gasteiger partial charge is 0.179 e. The van der Waals surface area contributed by atoms with Crippen LogP contribution in [0.1, 0.15) is 12.8 Å². The Morgan fingerprint density at radius 1 is 1.24 bits per heavy atom. The van der Waals surface area contributed by atoms with Crippen LogP contribution in [0.25, 0.3) is 0 Å². The average molecular weight is 329 g/mol. The van der Waals surface area contributed by atoms with Crippen LogP contribution in [0.4, 0.5) is 0 Å². The molecule has 0 aliphatic carbocycles. The molecular weight excluding hydrogens is 308 g/mol. The molecule has 1 aromatic carbocycles. The Morgan fingerprint density at radius 3 is 2.71 bits per heavy atom. The van der Waals surface area contributed by atoms with Crippen molar-refractivity contribution in [3.8, 4) is 0 Å². The van der Waals surface area contributed by atoms with E-state index in [1.54, 1.807) is 24.3 Å². The van der Waals surface area contributed by atoms with Crippen LogP contribution in [0.2, 0.25) is 5.02 Å². The molecule has 6 heteroatoms. The van der Waals surface area contributed by atoms with Crippen LogP contribution in [-0.4, -0.2) is 51.3 Å². The third-order valence-corrected chi connectivity index (χ3v) is 6.49. The van der Waals surface area contributed by atoms with Gasteiger partial charge < -0.3 is 10.2 Å². The van der Waals surface area contributed by atoms with E-state index in [0.29, 0.717) is 28.4 Å². The minimum Gasteiger partial charge on any atom is -0.312 e. The molecule has 0 bridgehead atoms. The van der Waals surface area contributed by atoms with Gasteiger partial charge in [-0.25, -0.2) is 8.42 Å². The molecule has 3 rings (SSSR count). The van der Waals surface area contributed by atoms with Crippen LogP contribution in [0, 0.1) is 5.92 Å². The zero-order chi connectivity index (χ0) is 14.9. The van der Waals surface area contributed by atoms with Gasteiger partial charge in [-0.1, -0.05) is 11.6 Å². The van der Waals surface area contributed by atoms with Crippen LogP contribution in [-0.2, 0) is 9.84 Å². The third-order valence-electron chi connectivity index (χ3n) is 4.52. The van der Waals surface area contributed by atoms with Crippen molar-refractivity contribution in [1.29, 1.82) is 0 Å². The van der Waals surface area contributed by atoms with Gasteiger partial charge in [0.25, 0.3) is 0 Å². The largest absolute Gasteiger partial charge is 0.312 e. The molecule has 4 nitrogen and oxygen atoms in total. The summed E-state index contributed by atoms with van der Waals surface area (Å²) in [7, 11) is -3.22.